The second-order valence-corrected chi connectivity index (χ2v) is 1.29. The number of carboxylic acid groups (broad SMARTS) is 1. The normalized spacial score (nSPS) is 35.7. The third-order valence-electron chi connectivity index (χ3n) is 0.669. The van der Waals surface area contributed by atoms with Gasteiger partial charge in [0.2, 0.25) is 0 Å². The van der Waals surface area contributed by atoms with E-state index in [1.807, 2.05) is 0 Å². The van der Waals surface area contributed by atoms with Crippen LogP contribution in [0.3, 0.4) is 0 Å². The molecule has 0 aromatic carbocycles. The average molecular weight is 180 g/mol. The fraction of sp³-hybridized carbons (Fsp3) is 0.875. The standard InChI is InChI=1S/C8H16O2.Na/c1-3-5-7(6-4-2)8(9)10;/h7H,3-6H2,1-2H3,(H,9,10);/q;+1/p-1/i1D3,2D3,3D2,4D2,5D2,6D2;. The Bertz CT molecular complexity index is 454. The summed E-state index contributed by atoms with van der Waals surface area (Å²) >= 11 is 0. The molecule has 0 fully saturated rings. The zero-order valence-corrected chi connectivity index (χ0v) is 7.89. The molecule has 0 heterocycles. The quantitative estimate of drug-likeness (QED) is 0.457. The molecule has 0 unspecified atom stereocenters. The Morgan fingerprint density at radius 2 is 2.00 bits per heavy atom. The summed E-state index contributed by atoms with van der Waals surface area (Å²) in [7, 11) is 0. The van der Waals surface area contributed by atoms with Crippen LogP contribution < -0.4 is 34.7 Å². The Hall–Kier alpha value is 0.470. The van der Waals surface area contributed by atoms with Crippen LogP contribution in [-0.2, 0) is 4.79 Å². The SMILES string of the molecule is [2H]C([2H])([2H])C([2H])([2H])C([2H])([2H])C(C(=O)[O-])C([2H])([2H])C([2H])([2H])C([2H])([2H])[2H].[Na+]. The summed E-state index contributed by atoms with van der Waals surface area (Å²) in [5, 5.41) is 11.2. The molecule has 0 aliphatic rings. The third-order valence-corrected chi connectivity index (χ3v) is 0.669. The van der Waals surface area contributed by atoms with E-state index in [2.05, 4.69) is 0 Å². The van der Waals surface area contributed by atoms with Gasteiger partial charge in [-0.3, -0.25) is 0 Å². The summed E-state index contributed by atoms with van der Waals surface area (Å²) < 4.78 is 101. The number of aliphatic carboxylic acids is 1. The van der Waals surface area contributed by atoms with Crippen LogP contribution in [0.5, 0.6) is 0 Å². The summed E-state index contributed by atoms with van der Waals surface area (Å²) in [5.74, 6) is -6.03. The summed E-state index contributed by atoms with van der Waals surface area (Å²) in [6, 6.07) is 0. The fourth-order valence-electron chi connectivity index (χ4n) is 0.298. The molecule has 60 valence electrons. The van der Waals surface area contributed by atoms with Gasteiger partial charge in [-0.2, -0.15) is 0 Å². The van der Waals surface area contributed by atoms with Crippen molar-refractivity contribution < 1.29 is 58.6 Å². The van der Waals surface area contributed by atoms with Crippen LogP contribution in [0.15, 0.2) is 0 Å². The van der Waals surface area contributed by atoms with Crippen LogP contribution in [0.25, 0.3) is 0 Å². The largest absolute Gasteiger partial charge is 1.00 e. The zero-order valence-electron chi connectivity index (χ0n) is 19.9. The van der Waals surface area contributed by atoms with Crippen molar-refractivity contribution in [2.75, 3.05) is 0 Å². The van der Waals surface area contributed by atoms with Gasteiger partial charge < -0.3 is 9.90 Å². The molecular weight excluding hydrogens is 151 g/mol. The van der Waals surface area contributed by atoms with Gasteiger partial charge in [-0.15, -0.1) is 0 Å². The first kappa shape index (κ1) is 2.28. The van der Waals surface area contributed by atoms with E-state index in [0.717, 1.165) is 0 Å². The molecule has 0 saturated carbocycles. The van der Waals surface area contributed by atoms with E-state index >= 15 is 0 Å². The third kappa shape index (κ3) is 6.85. The number of hydrogen-bond donors (Lipinski definition) is 0. The molecule has 0 spiro atoms. The molecule has 0 rings (SSSR count). The maximum absolute atomic E-state index is 11.2. The van der Waals surface area contributed by atoms with Gasteiger partial charge in [0.15, 0.2) is 0 Å². The van der Waals surface area contributed by atoms with E-state index in [-0.39, 0.29) is 29.6 Å². The van der Waals surface area contributed by atoms with Crippen molar-refractivity contribution >= 4 is 5.97 Å². The van der Waals surface area contributed by atoms with E-state index < -0.39 is 51.1 Å². The number of carbonyl (C=O) groups is 1. The van der Waals surface area contributed by atoms with Crippen LogP contribution >= 0.6 is 0 Å². The molecule has 0 N–H and O–H groups in total. The minimum atomic E-state index is -4.03. The first-order chi connectivity index (χ1) is 10.1. The van der Waals surface area contributed by atoms with Crippen molar-refractivity contribution in [3.8, 4) is 0 Å². The van der Waals surface area contributed by atoms with Gasteiger partial charge >= 0.3 is 29.6 Å². The average Bonchev–Trinajstić information content (AvgIpc) is 2.23. The monoisotopic (exact) mass is 180 g/mol. The minimum absolute atomic E-state index is 0. The van der Waals surface area contributed by atoms with Gasteiger partial charge in [0.05, 0.1) is 0 Å². The molecule has 0 bridgehead atoms. The van der Waals surface area contributed by atoms with Crippen molar-refractivity contribution in [2.45, 2.75) is 39.2 Å². The van der Waals surface area contributed by atoms with Gasteiger partial charge in [0, 0.05) is 25.2 Å². The zero-order chi connectivity index (χ0) is 20.2. The Kier molecular flexibility index (Phi) is 1.78. The van der Waals surface area contributed by atoms with Gasteiger partial charge in [0.1, 0.15) is 0 Å². The van der Waals surface area contributed by atoms with E-state index in [4.69, 9.17) is 19.2 Å². The number of rotatable bonds is 5. The molecule has 0 saturated heterocycles. The van der Waals surface area contributed by atoms with Crippen LogP contribution in [0.4, 0.5) is 0 Å². The molecular formula is C8H15NaO2. The first-order valence-electron chi connectivity index (χ1n) is 9.27. The predicted molar refractivity (Wildman–Crippen MR) is 38.3 cm³/mol. The van der Waals surface area contributed by atoms with Crippen molar-refractivity contribution in [3.63, 3.8) is 0 Å². The van der Waals surface area contributed by atoms with E-state index in [1.54, 1.807) is 0 Å². The van der Waals surface area contributed by atoms with Crippen LogP contribution in [-0.4, -0.2) is 5.97 Å². The minimum Gasteiger partial charge on any atom is -0.550 e. The maximum atomic E-state index is 11.2. The smallest absolute Gasteiger partial charge is 0.550 e. The summed E-state index contributed by atoms with van der Waals surface area (Å²) in [4.78, 5) is 11.2. The maximum Gasteiger partial charge on any atom is 1.00 e. The number of carboxylic acids is 1. The molecule has 0 amide bonds. The van der Waals surface area contributed by atoms with Crippen molar-refractivity contribution in [2.24, 2.45) is 5.92 Å². The van der Waals surface area contributed by atoms with Crippen LogP contribution in [0, 0.1) is 5.92 Å². The van der Waals surface area contributed by atoms with E-state index in [0.29, 0.717) is 0 Å². The molecule has 0 atom stereocenters. The van der Waals surface area contributed by atoms with Gasteiger partial charge in [-0.05, 0) is 18.7 Å². The first-order valence-corrected chi connectivity index (χ1v) is 2.27. The second-order valence-electron chi connectivity index (χ2n) is 1.29. The Balaban J connectivity index is 0. The summed E-state index contributed by atoms with van der Waals surface area (Å²) in [6.45, 7) is -7.49. The summed E-state index contributed by atoms with van der Waals surface area (Å²) in [5.41, 5.74) is 0. The molecule has 0 radical (unpaired) electrons. The van der Waals surface area contributed by atoms with E-state index in [9.17, 15) is 9.90 Å². The Morgan fingerprint density at radius 3 is 2.27 bits per heavy atom. The molecule has 0 aliphatic heterocycles. The van der Waals surface area contributed by atoms with Crippen molar-refractivity contribution in [3.05, 3.63) is 0 Å². The Labute approximate surface area is 110 Å². The van der Waals surface area contributed by atoms with Crippen LogP contribution in [0.2, 0.25) is 0 Å². The molecule has 11 heavy (non-hydrogen) atoms. The van der Waals surface area contributed by atoms with E-state index in [1.165, 1.54) is 0 Å². The summed E-state index contributed by atoms with van der Waals surface area (Å²) in [6.07, 6.45) is -15.9. The Morgan fingerprint density at radius 1 is 1.55 bits per heavy atom. The van der Waals surface area contributed by atoms with Gasteiger partial charge in [0.25, 0.3) is 0 Å². The molecule has 3 heteroatoms. The number of hydrogen-bond acceptors (Lipinski definition) is 2. The van der Waals surface area contributed by atoms with Crippen LogP contribution in [0.1, 0.15) is 58.4 Å². The van der Waals surface area contributed by atoms with Crippen molar-refractivity contribution in [1.29, 1.82) is 0 Å². The van der Waals surface area contributed by atoms with Crippen molar-refractivity contribution in [1.82, 2.24) is 0 Å². The molecule has 0 aromatic heterocycles. The second kappa shape index (κ2) is 8.57. The predicted octanol–water partition coefficient (Wildman–Crippen LogP) is -2.04. The molecule has 0 aliphatic carbocycles. The van der Waals surface area contributed by atoms with Gasteiger partial charge in [-0.1, -0.05) is 26.4 Å². The topological polar surface area (TPSA) is 40.1 Å². The van der Waals surface area contributed by atoms with Gasteiger partial charge in [-0.25, -0.2) is 0 Å². The molecule has 2 nitrogen and oxygen atoms in total. The number of carbonyl (C=O) groups excluding carboxylic acids is 1. The fourth-order valence-corrected chi connectivity index (χ4v) is 0.298. The molecule has 0 aromatic rings.